The summed E-state index contributed by atoms with van der Waals surface area (Å²) in [6.07, 6.45) is 5.90. The van der Waals surface area contributed by atoms with Gasteiger partial charge in [-0.25, -0.2) is 0 Å². The maximum absolute atomic E-state index is 13.0. The molecule has 2 aromatic rings. The van der Waals surface area contributed by atoms with Crippen LogP contribution in [0.5, 0.6) is 0 Å². The molecule has 1 aromatic heterocycles. The van der Waals surface area contributed by atoms with Crippen LogP contribution in [-0.2, 0) is 25.7 Å². The number of hydrogen-bond donors (Lipinski definition) is 1. The van der Waals surface area contributed by atoms with E-state index in [0.717, 1.165) is 18.4 Å². The Bertz CT molecular complexity index is 857. The minimum absolute atomic E-state index is 0.0638. The Hall–Kier alpha value is -1.76. The molecular weight excluding hydrogens is 386 g/mol. The zero-order valence-corrected chi connectivity index (χ0v) is 17.7. The summed E-state index contributed by atoms with van der Waals surface area (Å²) in [7, 11) is 0. The van der Waals surface area contributed by atoms with Crippen LogP contribution in [0, 0.1) is 5.92 Å². The minimum atomic E-state index is -0.568. The zero-order chi connectivity index (χ0) is 20.2. The molecule has 29 heavy (non-hydrogen) atoms. The van der Waals surface area contributed by atoms with E-state index in [-0.39, 0.29) is 24.4 Å². The Morgan fingerprint density at radius 2 is 2.07 bits per heavy atom. The van der Waals surface area contributed by atoms with Crippen LogP contribution in [0.2, 0.25) is 0 Å². The summed E-state index contributed by atoms with van der Waals surface area (Å²) in [6.45, 7) is 2.30. The molecule has 1 N–H and O–H groups in total. The third-order valence-electron chi connectivity index (χ3n) is 6.17. The molecule has 1 aliphatic heterocycles. The molecule has 1 saturated heterocycles. The van der Waals surface area contributed by atoms with Crippen LogP contribution in [0.3, 0.4) is 0 Å². The van der Waals surface area contributed by atoms with Crippen molar-refractivity contribution in [3.63, 3.8) is 0 Å². The number of rotatable bonds is 7. The highest BCUT2D eigenvalue weighted by atomic mass is 32.1. The van der Waals surface area contributed by atoms with E-state index < -0.39 is 12.1 Å². The summed E-state index contributed by atoms with van der Waals surface area (Å²) in [5, 5.41) is 6.19. The van der Waals surface area contributed by atoms with Crippen LogP contribution in [0.1, 0.15) is 51.0 Å². The number of nitrogens with one attached hydrogen (secondary N) is 1. The molecule has 1 amide bonds. The molecule has 4 rings (SSSR count). The van der Waals surface area contributed by atoms with E-state index in [4.69, 9.17) is 9.47 Å². The van der Waals surface area contributed by atoms with Crippen molar-refractivity contribution in [2.24, 2.45) is 5.92 Å². The topological polar surface area (TPSA) is 64.6 Å². The molecule has 156 valence electrons. The van der Waals surface area contributed by atoms with Crippen molar-refractivity contribution in [1.82, 2.24) is 5.32 Å². The first kappa shape index (κ1) is 20.5. The van der Waals surface area contributed by atoms with Gasteiger partial charge >= 0.3 is 0 Å². The molecule has 0 spiro atoms. The van der Waals surface area contributed by atoms with Gasteiger partial charge in [0.15, 0.2) is 5.78 Å². The molecule has 0 radical (unpaired) electrons. The van der Waals surface area contributed by atoms with E-state index in [1.165, 1.54) is 29.3 Å². The fourth-order valence-corrected chi connectivity index (χ4v) is 5.36. The van der Waals surface area contributed by atoms with Crippen molar-refractivity contribution in [1.29, 1.82) is 0 Å². The van der Waals surface area contributed by atoms with E-state index in [0.29, 0.717) is 18.9 Å². The van der Waals surface area contributed by atoms with Crippen molar-refractivity contribution in [3.8, 4) is 0 Å². The van der Waals surface area contributed by atoms with Gasteiger partial charge in [0.25, 0.3) is 0 Å². The summed E-state index contributed by atoms with van der Waals surface area (Å²) < 4.78 is 12.8. The number of fused-ring (bicyclic) bond motifs is 1. The van der Waals surface area contributed by atoms with Gasteiger partial charge in [-0.05, 0) is 41.7 Å². The smallest absolute Gasteiger partial charge is 0.249 e. The molecule has 1 saturated carbocycles. The molecular formula is C23H29NO4S. The van der Waals surface area contributed by atoms with Crippen LogP contribution >= 0.6 is 11.3 Å². The van der Waals surface area contributed by atoms with Gasteiger partial charge in [-0.15, -0.1) is 11.3 Å². The minimum Gasteiger partial charge on any atom is -0.368 e. The first-order chi connectivity index (χ1) is 14.1. The Morgan fingerprint density at radius 3 is 2.83 bits per heavy atom. The average Bonchev–Trinajstić information content (AvgIpc) is 3.30. The SMILES string of the molecule is CC1OCC(=O)C1NC(=O)C(CC1CCCCC1)OCc1csc2ccccc12. The lowest BCUT2D eigenvalue weighted by Crippen LogP contribution is -2.48. The van der Waals surface area contributed by atoms with Crippen LogP contribution < -0.4 is 5.32 Å². The number of carbonyl (C=O) groups is 2. The van der Waals surface area contributed by atoms with Gasteiger partial charge < -0.3 is 14.8 Å². The summed E-state index contributed by atoms with van der Waals surface area (Å²) >= 11 is 1.69. The molecule has 3 atom stereocenters. The molecule has 2 fully saturated rings. The van der Waals surface area contributed by atoms with Crippen molar-refractivity contribution < 1.29 is 19.1 Å². The molecule has 0 bridgehead atoms. The van der Waals surface area contributed by atoms with Gasteiger partial charge in [-0.1, -0.05) is 50.3 Å². The van der Waals surface area contributed by atoms with Crippen molar-refractivity contribution in [3.05, 3.63) is 35.2 Å². The lowest BCUT2D eigenvalue weighted by atomic mass is 9.85. The summed E-state index contributed by atoms with van der Waals surface area (Å²) in [6, 6.07) is 7.68. The molecule has 3 unspecified atom stereocenters. The Labute approximate surface area is 175 Å². The second-order valence-corrected chi connectivity index (χ2v) is 9.18. The Morgan fingerprint density at radius 1 is 1.28 bits per heavy atom. The zero-order valence-electron chi connectivity index (χ0n) is 16.9. The molecule has 1 aromatic carbocycles. The van der Waals surface area contributed by atoms with Gasteiger partial charge in [0.2, 0.25) is 5.91 Å². The summed E-state index contributed by atoms with van der Waals surface area (Å²) in [5.74, 6) is 0.253. The predicted molar refractivity (Wildman–Crippen MR) is 114 cm³/mol. The molecule has 1 aliphatic carbocycles. The quantitative estimate of drug-likeness (QED) is 0.735. The predicted octanol–water partition coefficient (Wildman–Crippen LogP) is 4.23. The monoisotopic (exact) mass is 415 g/mol. The maximum atomic E-state index is 13.0. The highest BCUT2D eigenvalue weighted by Crippen LogP contribution is 2.30. The highest BCUT2D eigenvalue weighted by Gasteiger charge is 2.36. The number of benzene rings is 1. The fourth-order valence-electron chi connectivity index (χ4n) is 4.42. The lowest BCUT2D eigenvalue weighted by molar-refractivity contribution is -0.137. The van der Waals surface area contributed by atoms with E-state index in [9.17, 15) is 9.59 Å². The maximum Gasteiger partial charge on any atom is 0.249 e. The fraction of sp³-hybridized carbons (Fsp3) is 0.565. The third kappa shape index (κ3) is 4.87. The number of Topliss-reactive ketones (excluding diaryl/α,β-unsaturated/α-hetero) is 1. The number of hydrogen-bond acceptors (Lipinski definition) is 5. The molecule has 6 heteroatoms. The standard InChI is InChI=1S/C23H29NO4S/c1-15-22(19(25)13-27-15)24-23(26)20(11-16-7-3-2-4-8-16)28-12-17-14-29-21-10-6-5-9-18(17)21/h5-6,9-10,14-16,20,22H,2-4,7-8,11-13H2,1H3,(H,24,26). The van der Waals surface area contributed by atoms with E-state index in [2.05, 4.69) is 22.8 Å². The number of thiophene rings is 1. The normalized spacial score (nSPS) is 24.1. The second kappa shape index (κ2) is 9.37. The van der Waals surface area contributed by atoms with E-state index in [1.54, 1.807) is 11.3 Å². The van der Waals surface area contributed by atoms with Crippen LogP contribution in [-0.4, -0.2) is 36.5 Å². The van der Waals surface area contributed by atoms with Gasteiger partial charge in [0.05, 0.1) is 12.7 Å². The highest BCUT2D eigenvalue weighted by molar-refractivity contribution is 7.17. The number of ether oxygens (including phenoxy) is 2. The molecule has 5 nitrogen and oxygen atoms in total. The first-order valence-corrected chi connectivity index (χ1v) is 11.5. The lowest BCUT2D eigenvalue weighted by Gasteiger charge is -2.27. The number of amides is 1. The summed E-state index contributed by atoms with van der Waals surface area (Å²) in [5.41, 5.74) is 1.11. The van der Waals surface area contributed by atoms with Crippen molar-refractivity contribution in [2.45, 2.75) is 70.3 Å². The average molecular weight is 416 g/mol. The van der Waals surface area contributed by atoms with E-state index >= 15 is 0 Å². The second-order valence-electron chi connectivity index (χ2n) is 8.27. The van der Waals surface area contributed by atoms with Crippen LogP contribution in [0.15, 0.2) is 29.6 Å². The van der Waals surface area contributed by atoms with Gasteiger partial charge in [0, 0.05) is 4.70 Å². The van der Waals surface area contributed by atoms with Crippen molar-refractivity contribution in [2.75, 3.05) is 6.61 Å². The number of carbonyl (C=O) groups excluding carboxylic acids is 2. The largest absolute Gasteiger partial charge is 0.368 e. The van der Waals surface area contributed by atoms with Gasteiger partial charge in [0.1, 0.15) is 18.8 Å². The van der Waals surface area contributed by atoms with E-state index in [1.807, 2.05) is 19.1 Å². The Kier molecular flexibility index (Phi) is 6.63. The molecule has 2 heterocycles. The van der Waals surface area contributed by atoms with Gasteiger partial charge in [-0.3, -0.25) is 9.59 Å². The number of ketones is 1. The van der Waals surface area contributed by atoms with Gasteiger partial charge in [-0.2, -0.15) is 0 Å². The molecule has 2 aliphatic rings. The first-order valence-electron chi connectivity index (χ1n) is 10.6. The van der Waals surface area contributed by atoms with Crippen LogP contribution in [0.25, 0.3) is 10.1 Å². The van der Waals surface area contributed by atoms with Crippen molar-refractivity contribution >= 4 is 33.1 Å². The van der Waals surface area contributed by atoms with Crippen LogP contribution in [0.4, 0.5) is 0 Å². The third-order valence-corrected chi connectivity index (χ3v) is 7.18. The summed E-state index contributed by atoms with van der Waals surface area (Å²) in [4.78, 5) is 25.1. The Balaban J connectivity index is 1.45.